The van der Waals surface area contributed by atoms with E-state index in [1.165, 1.54) is 17.4 Å². The molecule has 0 fully saturated rings. The Hall–Kier alpha value is -2.53. The summed E-state index contributed by atoms with van der Waals surface area (Å²) in [6.07, 6.45) is 1.53. The summed E-state index contributed by atoms with van der Waals surface area (Å²) in [7, 11) is 0. The van der Waals surface area contributed by atoms with Crippen molar-refractivity contribution in [2.75, 3.05) is 17.6 Å². The third-order valence-electron chi connectivity index (χ3n) is 2.67. The van der Waals surface area contributed by atoms with Crippen molar-refractivity contribution < 1.29 is 9.59 Å². The second kappa shape index (κ2) is 9.08. The van der Waals surface area contributed by atoms with Crippen LogP contribution in [0.25, 0.3) is 0 Å². The molecule has 0 aliphatic rings. The molecule has 0 radical (unpaired) electrons. The molecule has 0 aliphatic carbocycles. The number of nitrogens with one attached hydrogen (secondary N) is 3. The zero-order valence-electron chi connectivity index (χ0n) is 13.4. The molecular weight excluding hydrogens is 364 g/mol. The highest BCUT2D eigenvalue weighted by atomic mass is 32.2. The van der Waals surface area contributed by atoms with E-state index in [4.69, 9.17) is 0 Å². The van der Waals surface area contributed by atoms with E-state index in [1.807, 2.05) is 0 Å². The van der Waals surface area contributed by atoms with Crippen LogP contribution in [0.5, 0.6) is 0 Å². The molecule has 0 spiro atoms. The zero-order chi connectivity index (χ0) is 18.2. The number of aromatic amines is 1. The molecule has 0 saturated carbocycles. The number of carbonyl (C=O) groups is 2. The molecule has 2 heterocycles. The summed E-state index contributed by atoms with van der Waals surface area (Å²) in [4.78, 5) is 41.9. The predicted molar refractivity (Wildman–Crippen MR) is 95.8 cm³/mol. The van der Waals surface area contributed by atoms with Gasteiger partial charge in [0.05, 0.1) is 17.9 Å². The molecule has 132 valence electrons. The molecule has 2 aromatic rings. The lowest BCUT2D eigenvalue weighted by atomic mass is 10.3. The molecule has 0 unspecified atom stereocenters. The van der Waals surface area contributed by atoms with Gasteiger partial charge in [-0.25, -0.2) is 4.98 Å². The van der Waals surface area contributed by atoms with Crippen molar-refractivity contribution in [3.63, 3.8) is 0 Å². The van der Waals surface area contributed by atoms with Crippen LogP contribution < -0.4 is 16.2 Å². The standard InChI is InChI=1S/C14H16N6O3S2/c1-3-4-15-10(21)5-9-6-11(22)17-13(16-9)24-7-12(23)18-14-20-19-8(2)25-14/h3,6H,1,4-5,7H2,2H3,(H,15,21)(H,16,17,22)(H,18,20,23). The van der Waals surface area contributed by atoms with Crippen LogP contribution in [0.4, 0.5) is 5.13 Å². The summed E-state index contributed by atoms with van der Waals surface area (Å²) in [5, 5.41) is 14.2. The largest absolute Gasteiger partial charge is 0.352 e. The van der Waals surface area contributed by atoms with E-state index in [0.717, 1.165) is 16.8 Å². The van der Waals surface area contributed by atoms with Crippen molar-refractivity contribution in [2.24, 2.45) is 0 Å². The number of amides is 2. The summed E-state index contributed by atoms with van der Waals surface area (Å²) in [5.41, 5.74) is -0.0582. The first-order valence-electron chi connectivity index (χ1n) is 7.17. The normalized spacial score (nSPS) is 10.3. The van der Waals surface area contributed by atoms with Gasteiger partial charge in [0.15, 0.2) is 5.16 Å². The van der Waals surface area contributed by atoms with Gasteiger partial charge in [-0.15, -0.1) is 16.8 Å². The Labute approximate surface area is 151 Å². The molecule has 3 N–H and O–H groups in total. The molecular formula is C14H16N6O3S2. The number of thioether (sulfide) groups is 1. The molecule has 25 heavy (non-hydrogen) atoms. The summed E-state index contributed by atoms with van der Waals surface area (Å²) < 4.78 is 0. The lowest BCUT2D eigenvalue weighted by molar-refractivity contribution is -0.120. The Morgan fingerprint density at radius 3 is 2.88 bits per heavy atom. The molecule has 2 amide bonds. The number of H-pyrrole nitrogens is 1. The van der Waals surface area contributed by atoms with Crippen molar-refractivity contribution in [2.45, 2.75) is 18.5 Å². The first kappa shape index (κ1) is 18.8. The van der Waals surface area contributed by atoms with Crippen molar-refractivity contribution in [3.05, 3.63) is 39.8 Å². The van der Waals surface area contributed by atoms with Crippen molar-refractivity contribution >= 4 is 40.0 Å². The molecule has 9 nitrogen and oxygen atoms in total. The third kappa shape index (κ3) is 6.47. The molecule has 0 bridgehead atoms. The fourth-order valence-corrected chi connectivity index (χ4v) is 2.99. The Bertz CT molecular complexity index is 832. The Morgan fingerprint density at radius 1 is 1.40 bits per heavy atom. The van der Waals surface area contributed by atoms with E-state index >= 15 is 0 Å². The summed E-state index contributed by atoms with van der Waals surface area (Å²) >= 11 is 2.33. The molecule has 2 aromatic heterocycles. The number of rotatable bonds is 8. The van der Waals surface area contributed by atoms with Gasteiger partial charge in [-0.1, -0.05) is 29.2 Å². The van der Waals surface area contributed by atoms with Crippen LogP contribution in [-0.4, -0.2) is 44.3 Å². The lowest BCUT2D eigenvalue weighted by Gasteiger charge is -2.05. The number of hydrogen-bond acceptors (Lipinski definition) is 8. The van der Waals surface area contributed by atoms with Crippen LogP contribution >= 0.6 is 23.1 Å². The van der Waals surface area contributed by atoms with Crippen LogP contribution in [-0.2, 0) is 16.0 Å². The van der Waals surface area contributed by atoms with Gasteiger partial charge in [0.25, 0.3) is 5.56 Å². The molecule has 2 rings (SSSR count). The highest BCUT2D eigenvalue weighted by Gasteiger charge is 2.10. The molecule has 0 saturated heterocycles. The number of aromatic nitrogens is 4. The van der Waals surface area contributed by atoms with Gasteiger partial charge < -0.3 is 10.3 Å². The van der Waals surface area contributed by atoms with Gasteiger partial charge in [-0.3, -0.25) is 19.7 Å². The van der Waals surface area contributed by atoms with E-state index in [-0.39, 0.29) is 34.7 Å². The number of hydrogen-bond donors (Lipinski definition) is 3. The highest BCUT2D eigenvalue weighted by molar-refractivity contribution is 7.99. The Balaban J connectivity index is 1.92. The van der Waals surface area contributed by atoms with Crippen LogP contribution in [0.3, 0.4) is 0 Å². The number of nitrogens with zero attached hydrogens (tertiary/aromatic N) is 3. The van der Waals surface area contributed by atoms with Crippen molar-refractivity contribution in [3.8, 4) is 0 Å². The van der Waals surface area contributed by atoms with Crippen molar-refractivity contribution in [1.29, 1.82) is 0 Å². The van der Waals surface area contributed by atoms with Gasteiger partial charge in [0.1, 0.15) is 5.01 Å². The average molecular weight is 380 g/mol. The monoisotopic (exact) mass is 380 g/mol. The SMILES string of the molecule is C=CCNC(=O)Cc1cc(=O)[nH]c(SCC(=O)Nc2nnc(C)s2)n1. The van der Waals surface area contributed by atoms with E-state index in [2.05, 4.69) is 37.4 Å². The van der Waals surface area contributed by atoms with Gasteiger partial charge >= 0.3 is 0 Å². The summed E-state index contributed by atoms with van der Waals surface area (Å²) in [5.74, 6) is -0.524. The lowest BCUT2D eigenvalue weighted by Crippen LogP contribution is -2.26. The fraction of sp³-hybridized carbons (Fsp3) is 0.286. The van der Waals surface area contributed by atoms with Crippen LogP contribution in [0.1, 0.15) is 10.7 Å². The average Bonchev–Trinajstić information content (AvgIpc) is 2.95. The quantitative estimate of drug-likeness (QED) is 0.345. The zero-order valence-corrected chi connectivity index (χ0v) is 15.0. The van der Waals surface area contributed by atoms with Gasteiger partial charge in [0.2, 0.25) is 16.9 Å². The maximum absolute atomic E-state index is 11.9. The third-order valence-corrected chi connectivity index (χ3v) is 4.30. The van der Waals surface area contributed by atoms with Crippen LogP contribution in [0, 0.1) is 6.92 Å². The van der Waals surface area contributed by atoms with E-state index < -0.39 is 0 Å². The molecule has 0 aliphatic heterocycles. The van der Waals surface area contributed by atoms with E-state index in [1.54, 1.807) is 13.0 Å². The van der Waals surface area contributed by atoms with Gasteiger partial charge in [-0.05, 0) is 6.92 Å². The van der Waals surface area contributed by atoms with Gasteiger partial charge in [0, 0.05) is 12.6 Å². The van der Waals surface area contributed by atoms with E-state index in [0.29, 0.717) is 17.4 Å². The first-order chi connectivity index (χ1) is 12.0. The summed E-state index contributed by atoms with van der Waals surface area (Å²) in [6.45, 7) is 5.63. The molecule has 0 aromatic carbocycles. The molecule has 11 heteroatoms. The fourth-order valence-electron chi connectivity index (χ4n) is 1.69. The van der Waals surface area contributed by atoms with Crippen LogP contribution in [0.15, 0.2) is 28.7 Å². The Morgan fingerprint density at radius 2 is 2.20 bits per heavy atom. The minimum atomic E-state index is -0.385. The Kier molecular flexibility index (Phi) is 6.83. The molecule has 0 atom stereocenters. The maximum Gasteiger partial charge on any atom is 0.251 e. The first-order valence-corrected chi connectivity index (χ1v) is 8.97. The van der Waals surface area contributed by atoms with Gasteiger partial charge in [-0.2, -0.15) is 0 Å². The minimum Gasteiger partial charge on any atom is -0.352 e. The van der Waals surface area contributed by atoms with E-state index in [9.17, 15) is 14.4 Å². The highest BCUT2D eigenvalue weighted by Crippen LogP contribution is 2.16. The predicted octanol–water partition coefficient (Wildman–Crippen LogP) is 0.505. The maximum atomic E-state index is 11.9. The number of aryl methyl sites for hydroxylation is 1. The smallest absolute Gasteiger partial charge is 0.251 e. The summed E-state index contributed by atoms with van der Waals surface area (Å²) in [6, 6.07) is 1.25. The van der Waals surface area contributed by atoms with Crippen molar-refractivity contribution in [1.82, 2.24) is 25.5 Å². The second-order valence-electron chi connectivity index (χ2n) is 4.77. The second-order valence-corrected chi connectivity index (χ2v) is 6.92. The number of carbonyl (C=O) groups excluding carboxylic acids is 2. The minimum absolute atomic E-state index is 0.0262. The van der Waals surface area contributed by atoms with Crippen LogP contribution in [0.2, 0.25) is 0 Å². The topological polar surface area (TPSA) is 130 Å². The number of anilines is 1.